The third-order valence-corrected chi connectivity index (χ3v) is 6.82. The summed E-state index contributed by atoms with van der Waals surface area (Å²) in [5.74, 6) is -1.35. The second-order valence-electron chi connectivity index (χ2n) is 9.61. The minimum Gasteiger partial charge on any atom is -0.327 e. The maximum Gasteiger partial charge on any atom is 0.416 e. The molecule has 5 nitrogen and oxygen atoms in total. The highest BCUT2D eigenvalue weighted by Gasteiger charge is 2.37. The largest absolute Gasteiger partial charge is 0.416 e. The van der Waals surface area contributed by atoms with Crippen LogP contribution in [0.2, 0.25) is 0 Å². The molecule has 39 heavy (non-hydrogen) atoms. The summed E-state index contributed by atoms with van der Waals surface area (Å²) in [6.07, 6.45) is -2.63. The molecule has 2 amide bonds. The predicted molar refractivity (Wildman–Crippen MR) is 139 cm³/mol. The molecule has 1 aromatic heterocycles. The van der Waals surface area contributed by atoms with Crippen molar-refractivity contribution in [2.45, 2.75) is 32.1 Å². The van der Waals surface area contributed by atoms with E-state index >= 15 is 0 Å². The number of hydrogen-bond acceptors (Lipinski definition) is 2. The first-order valence-electron chi connectivity index (χ1n) is 12.4. The van der Waals surface area contributed by atoms with Crippen LogP contribution in [-0.4, -0.2) is 33.9 Å². The molecular weight excluding hydrogens is 510 g/mol. The first-order valence-corrected chi connectivity index (χ1v) is 12.4. The van der Waals surface area contributed by atoms with Gasteiger partial charge in [0.15, 0.2) is 0 Å². The van der Waals surface area contributed by atoms with E-state index in [9.17, 15) is 27.2 Å². The zero-order chi connectivity index (χ0) is 27.9. The Labute approximate surface area is 222 Å². The summed E-state index contributed by atoms with van der Waals surface area (Å²) in [6.45, 7) is 3.16. The van der Waals surface area contributed by atoms with E-state index in [2.05, 4.69) is 0 Å². The molecule has 0 fully saturated rings. The molecule has 2 heterocycles. The van der Waals surface area contributed by atoms with Gasteiger partial charge in [0.2, 0.25) is 5.91 Å². The molecule has 0 aliphatic carbocycles. The van der Waals surface area contributed by atoms with Crippen molar-refractivity contribution in [2.75, 3.05) is 11.4 Å². The van der Waals surface area contributed by atoms with Crippen molar-refractivity contribution < 1.29 is 27.2 Å². The van der Waals surface area contributed by atoms with Crippen LogP contribution in [-0.2, 0) is 11.0 Å². The Kier molecular flexibility index (Phi) is 6.76. The molecule has 9 heteroatoms. The number of alkyl halides is 3. The summed E-state index contributed by atoms with van der Waals surface area (Å²) in [6, 6.07) is 20.0. The van der Waals surface area contributed by atoms with Crippen molar-refractivity contribution in [2.24, 2.45) is 0 Å². The van der Waals surface area contributed by atoms with Gasteiger partial charge in [-0.2, -0.15) is 13.2 Å². The van der Waals surface area contributed by atoms with Crippen molar-refractivity contribution in [1.82, 2.24) is 9.47 Å². The third kappa shape index (κ3) is 4.92. The van der Waals surface area contributed by atoms with Gasteiger partial charge in [0.25, 0.3) is 5.91 Å². The molecule has 5 rings (SSSR count). The van der Waals surface area contributed by atoms with Crippen molar-refractivity contribution in [3.8, 4) is 5.69 Å². The molecule has 0 saturated carbocycles. The Hall–Kier alpha value is -4.40. The number of benzene rings is 3. The summed E-state index contributed by atoms with van der Waals surface area (Å²) >= 11 is 0. The zero-order valence-electron chi connectivity index (χ0n) is 21.2. The minimum atomic E-state index is -4.52. The van der Waals surface area contributed by atoms with Crippen molar-refractivity contribution >= 4 is 17.5 Å². The van der Waals surface area contributed by atoms with E-state index < -0.39 is 41.5 Å². The van der Waals surface area contributed by atoms with Gasteiger partial charge in [0.1, 0.15) is 18.4 Å². The zero-order valence-corrected chi connectivity index (χ0v) is 21.2. The molecule has 1 atom stereocenters. The fourth-order valence-electron chi connectivity index (χ4n) is 4.90. The summed E-state index contributed by atoms with van der Waals surface area (Å²) in [5.41, 5.74) is 2.05. The highest BCUT2D eigenvalue weighted by atomic mass is 19.4. The van der Waals surface area contributed by atoms with Crippen LogP contribution in [0.15, 0.2) is 91.1 Å². The Morgan fingerprint density at radius 3 is 2.13 bits per heavy atom. The van der Waals surface area contributed by atoms with E-state index in [0.717, 1.165) is 35.6 Å². The number of anilines is 1. The van der Waals surface area contributed by atoms with Crippen molar-refractivity contribution in [3.05, 3.63) is 119 Å². The fourth-order valence-corrected chi connectivity index (χ4v) is 4.90. The second kappa shape index (κ2) is 10.1. The highest BCUT2D eigenvalue weighted by molar-refractivity contribution is 6.02. The number of hydrogen-bond donors (Lipinski definition) is 0. The van der Waals surface area contributed by atoms with E-state index in [1.165, 1.54) is 17.0 Å². The van der Waals surface area contributed by atoms with Crippen LogP contribution in [0.3, 0.4) is 0 Å². The molecule has 1 unspecified atom stereocenters. The molecule has 1 aliphatic heterocycles. The molecule has 0 saturated heterocycles. The van der Waals surface area contributed by atoms with Gasteiger partial charge in [-0.05, 0) is 80.1 Å². The van der Waals surface area contributed by atoms with Gasteiger partial charge < -0.3 is 9.47 Å². The molecule has 0 N–H and O–H groups in total. The van der Waals surface area contributed by atoms with Crippen LogP contribution in [0, 0.1) is 5.82 Å². The van der Waals surface area contributed by atoms with Gasteiger partial charge in [-0.25, -0.2) is 4.39 Å². The molecule has 1 aliphatic rings. The number of amides is 2. The fraction of sp³-hybridized carbons (Fsp3) is 0.200. The maximum atomic E-state index is 14.1. The predicted octanol–water partition coefficient (Wildman–Crippen LogP) is 6.62. The van der Waals surface area contributed by atoms with Crippen LogP contribution in [0.1, 0.15) is 47.1 Å². The monoisotopic (exact) mass is 535 g/mol. The van der Waals surface area contributed by atoms with E-state index in [-0.39, 0.29) is 12.1 Å². The van der Waals surface area contributed by atoms with Gasteiger partial charge in [-0.3, -0.25) is 14.5 Å². The Morgan fingerprint density at radius 2 is 1.51 bits per heavy atom. The van der Waals surface area contributed by atoms with E-state index in [0.29, 0.717) is 11.3 Å². The number of halogens is 4. The summed E-state index contributed by atoms with van der Waals surface area (Å²) in [4.78, 5) is 30.4. The molecule has 3 aromatic carbocycles. The summed E-state index contributed by atoms with van der Waals surface area (Å²) in [5, 5.41) is 0. The highest BCUT2D eigenvalue weighted by Crippen LogP contribution is 2.42. The maximum absolute atomic E-state index is 14.1. The van der Waals surface area contributed by atoms with E-state index in [4.69, 9.17) is 0 Å². The number of fused-ring (bicyclic) bond motifs is 3. The molecule has 0 radical (unpaired) electrons. The second-order valence-corrected chi connectivity index (χ2v) is 9.61. The molecule has 0 spiro atoms. The van der Waals surface area contributed by atoms with Gasteiger partial charge in [0, 0.05) is 17.8 Å². The van der Waals surface area contributed by atoms with Crippen LogP contribution in [0.5, 0.6) is 0 Å². The lowest BCUT2D eigenvalue weighted by Crippen LogP contribution is -2.48. The molecule has 4 aromatic rings. The standard InChI is InChI=1S/C30H25F4N3O2/c1-19(2)36(29(39)21-9-13-22(14-10-21)30(32,33)34)18-27(38)37-25-7-4-3-6-24(25)35-17-5-8-26(35)28(37)20-11-15-23(31)16-12-20/h3-17,19,28H,18H2,1-2H3. The van der Waals surface area contributed by atoms with Gasteiger partial charge in [-0.1, -0.05) is 24.3 Å². The average molecular weight is 536 g/mol. The van der Waals surface area contributed by atoms with Gasteiger partial charge >= 0.3 is 6.18 Å². The summed E-state index contributed by atoms with van der Waals surface area (Å²) < 4.78 is 54.8. The lowest BCUT2D eigenvalue weighted by Gasteiger charge is -2.40. The molecular formula is C30H25F4N3O2. The topological polar surface area (TPSA) is 45.6 Å². The number of rotatable bonds is 5. The number of carbonyl (C=O) groups is 2. The van der Waals surface area contributed by atoms with Crippen LogP contribution < -0.4 is 4.90 Å². The Bertz CT molecular complexity index is 1510. The molecule has 200 valence electrons. The van der Waals surface area contributed by atoms with Crippen LogP contribution >= 0.6 is 0 Å². The van der Waals surface area contributed by atoms with Crippen LogP contribution in [0.4, 0.5) is 23.2 Å². The van der Waals surface area contributed by atoms with Gasteiger partial charge in [0.05, 0.1) is 22.6 Å². The number of para-hydroxylation sites is 2. The lowest BCUT2D eigenvalue weighted by molar-refractivity contribution is -0.137. The minimum absolute atomic E-state index is 0.0486. The van der Waals surface area contributed by atoms with Crippen molar-refractivity contribution in [1.29, 1.82) is 0 Å². The Morgan fingerprint density at radius 1 is 0.872 bits per heavy atom. The third-order valence-electron chi connectivity index (χ3n) is 6.82. The van der Waals surface area contributed by atoms with E-state index in [1.807, 2.05) is 47.2 Å². The van der Waals surface area contributed by atoms with Crippen LogP contribution in [0.25, 0.3) is 5.69 Å². The average Bonchev–Trinajstić information content (AvgIpc) is 3.40. The quantitative estimate of drug-likeness (QED) is 0.270. The number of carbonyl (C=O) groups excluding carboxylic acids is 2. The van der Waals surface area contributed by atoms with E-state index in [1.54, 1.807) is 30.9 Å². The summed E-state index contributed by atoms with van der Waals surface area (Å²) in [7, 11) is 0. The number of aromatic nitrogens is 1. The van der Waals surface area contributed by atoms with Gasteiger partial charge in [-0.15, -0.1) is 0 Å². The SMILES string of the molecule is CC(C)N(CC(=O)N1c2ccccc2-n2cccc2C1c1ccc(F)cc1)C(=O)c1ccc(C(F)(F)F)cc1. The first kappa shape index (κ1) is 26.2. The normalized spacial score (nSPS) is 14.6. The smallest absolute Gasteiger partial charge is 0.327 e. The molecule has 0 bridgehead atoms. The first-order chi connectivity index (χ1) is 18.6. The lowest BCUT2D eigenvalue weighted by atomic mass is 9.97. The number of nitrogens with zero attached hydrogens (tertiary/aromatic N) is 3. The van der Waals surface area contributed by atoms with Crippen molar-refractivity contribution in [3.63, 3.8) is 0 Å². The Balaban J connectivity index is 1.52.